The fourth-order valence-corrected chi connectivity index (χ4v) is 2.59. The molecule has 1 aromatic carbocycles. The first-order chi connectivity index (χ1) is 11.7. The average Bonchev–Trinajstić information content (AvgIpc) is 2.52. The number of hydrogen-bond donors (Lipinski definition) is 2. The molecule has 1 fully saturated rings. The quantitative estimate of drug-likeness (QED) is 0.636. The van der Waals surface area contributed by atoms with Crippen LogP contribution in [0.3, 0.4) is 0 Å². The summed E-state index contributed by atoms with van der Waals surface area (Å²) in [5.41, 5.74) is 1.36. The normalized spacial score (nSPS) is 17.8. The van der Waals surface area contributed by atoms with Gasteiger partial charge in [0.25, 0.3) is 5.69 Å². The van der Waals surface area contributed by atoms with Gasteiger partial charge >= 0.3 is 6.18 Å². The van der Waals surface area contributed by atoms with Crippen LogP contribution in [0.1, 0.15) is 38.2 Å². The van der Waals surface area contributed by atoms with Crippen LogP contribution < -0.4 is 10.7 Å². The summed E-state index contributed by atoms with van der Waals surface area (Å²) < 4.78 is 38.0. The zero-order valence-electron chi connectivity index (χ0n) is 13.4. The van der Waals surface area contributed by atoms with Gasteiger partial charge in [-0.2, -0.15) is 18.3 Å². The molecule has 1 aliphatic rings. The lowest BCUT2D eigenvalue weighted by atomic mass is 9.94. The number of benzene rings is 1. The predicted molar refractivity (Wildman–Crippen MR) is 85.2 cm³/mol. The van der Waals surface area contributed by atoms with Crippen molar-refractivity contribution in [3.63, 3.8) is 0 Å². The van der Waals surface area contributed by atoms with Crippen molar-refractivity contribution in [1.82, 2.24) is 5.32 Å². The summed E-state index contributed by atoms with van der Waals surface area (Å²) in [6, 6.07) is 2.31. The zero-order chi connectivity index (χ0) is 18.6. The maximum absolute atomic E-state index is 12.7. The summed E-state index contributed by atoms with van der Waals surface area (Å²) in [6.07, 6.45) is -2.10. The van der Waals surface area contributed by atoms with Crippen molar-refractivity contribution in [2.75, 3.05) is 5.43 Å². The van der Waals surface area contributed by atoms with Crippen molar-refractivity contribution < 1.29 is 22.9 Å². The van der Waals surface area contributed by atoms with Crippen molar-refractivity contribution in [1.29, 1.82) is 0 Å². The summed E-state index contributed by atoms with van der Waals surface area (Å²) in [6.45, 7) is 1.44. The molecule has 1 aliphatic carbocycles. The monoisotopic (exact) mass is 358 g/mol. The number of rotatable bonds is 4. The maximum atomic E-state index is 12.7. The lowest BCUT2D eigenvalue weighted by Crippen LogP contribution is -2.36. The van der Waals surface area contributed by atoms with E-state index in [0.717, 1.165) is 17.8 Å². The lowest BCUT2D eigenvalue weighted by Gasteiger charge is -2.23. The van der Waals surface area contributed by atoms with Crippen LogP contribution in [0.4, 0.5) is 24.5 Å². The molecule has 1 aromatic rings. The van der Waals surface area contributed by atoms with E-state index in [2.05, 4.69) is 15.8 Å². The molecule has 0 spiro atoms. The molecule has 10 heteroatoms. The Bertz CT molecular complexity index is 694. The molecule has 0 aromatic heterocycles. The van der Waals surface area contributed by atoms with E-state index in [1.54, 1.807) is 0 Å². The smallest absolute Gasteiger partial charge is 0.354 e. The Kier molecular flexibility index (Phi) is 5.60. The number of nitro benzene ring substituents is 1. The van der Waals surface area contributed by atoms with Gasteiger partial charge in [0.2, 0.25) is 5.91 Å². The van der Waals surface area contributed by atoms with Crippen LogP contribution in [-0.4, -0.2) is 22.6 Å². The van der Waals surface area contributed by atoms with Crippen molar-refractivity contribution in [2.45, 2.75) is 44.8 Å². The number of halogens is 3. The van der Waals surface area contributed by atoms with Crippen molar-refractivity contribution in [3.05, 3.63) is 33.9 Å². The van der Waals surface area contributed by atoms with Crippen molar-refractivity contribution in [2.24, 2.45) is 5.10 Å². The number of anilines is 1. The maximum Gasteiger partial charge on any atom is 0.416 e. The van der Waals surface area contributed by atoms with Crippen molar-refractivity contribution >= 4 is 23.0 Å². The van der Waals surface area contributed by atoms with E-state index in [1.165, 1.54) is 6.92 Å². The first kappa shape index (κ1) is 18.7. The SMILES string of the molecule is CC(=O)NC1CCC(=NNc2ccc(C(F)(F)F)cc2[N+](=O)[O-])CC1. The molecule has 1 saturated carbocycles. The van der Waals surface area contributed by atoms with E-state index in [0.29, 0.717) is 31.7 Å². The zero-order valence-corrected chi connectivity index (χ0v) is 13.4. The van der Waals surface area contributed by atoms with Gasteiger partial charge < -0.3 is 5.32 Å². The van der Waals surface area contributed by atoms with E-state index < -0.39 is 22.4 Å². The number of hydrazone groups is 1. The fraction of sp³-hybridized carbons (Fsp3) is 0.467. The summed E-state index contributed by atoms with van der Waals surface area (Å²) in [7, 11) is 0. The molecule has 2 N–H and O–H groups in total. The Labute approximate surface area is 141 Å². The molecule has 0 aliphatic heterocycles. The van der Waals surface area contributed by atoms with Crippen LogP contribution in [0.15, 0.2) is 23.3 Å². The van der Waals surface area contributed by atoms with E-state index in [1.807, 2.05) is 0 Å². The molecular weight excluding hydrogens is 341 g/mol. The number of nitrogens with one attached hydrogen (secondary N) is 2. The minimum atomic E-state index is -4.66. The van der Waals surface area contributed by atoms with Crippen LogP contribution in [-0.2, 0) is 11.0 Å². The van der Waals surface area contributed by atoms with E-state index in [-0.39, 0.29) is 17.6 Å². The lowest BCUT2D eigenvalue weighted by molar-refractivity contribution is -0.384. The first-order valence-electron chi connectivity index (χ1n) is 7.61. The number of hydrogen-bond acceptors (Lipinski definition) is 5. The number of carbonyl (C=O) groups is 1. The molecule has 0 saturated heterocycles. The molecule has 25 heavy (non-hydrogen) atoms. The van der Waals surface area contributed by atoms with Gasteiger partial charge in [-0.3, -0.25) is 20.3 Å². The summed E-state index contributed by atoms with van der Waals surface area (Å²) in [5.74, 6) is -0.108. The van der Waals surface area contributed by atoms with Crippen LogP contribution in [0.2, 0.25) is 0 Å². The summed E-state index contributed by atoms with van der Waals surface area (Å²) in [5, 5.41) is 17.9. The third-order valence-electron chi connectivity index (χ3n) is 3.83. The second-order valence-electron chi connectivity index (χ2n) is 5.75. The van der Waals surface area contributed by atoms with Gasteiger partial charge in [0.15, 0.2) is 0 Å². The number of nitrogens with zero attached hydrogens (tertiary/aromatic N) is 2. The summed E-state index contributed by atoms with van der Waals surface area (Å²) in [4.78, 5) is 21.1. The Morgan fingerprint density at radius 1 is 1.32 bits per heavy atom. The minimum absolute atomic E-state index is 0.0665. The van der Waals surface area contributed by atoms with Gasteiger partial charge in [-0.05, 0) is 37.8 Å². The molecular formula is C15H17F3N4O3. The van der Waals surface area contributed by atoms with E-state index >= 15 is 0 Å². The third-order valence-corrected chi connectivity index (χ3v) is 3.83. The highest BCUT2D eigenvalue weighted by Crippen LogP contribution is 2.35. The number of alkyl halides is 3. The molecule has 0 unspecified atom stereocenters. The molecule has 1 amide bonds. The van der Waals surface area contributed by atoms with E-state index in [9.17, 15) is 28.1 Å². The largest absolute Gasteiger partial charge is 0.416 e. The molecule has 0 bridgehead atoms. The number of nitro groups is 1. The van der Waals surface area contributed by atoms with Gasteiger partial charge in [0.1, 0.15) is 5.69 Å². The molecule has 7 nitrogen and oxygen atoms in total. The fourth-order valence-electron chi connectivity index (χ4n) is 2.59. The minimum Gasteiger partial charge on any atom is -0.354 e. The summed E-state index contributed by atoms with van der Waals surface area (Å²) >= 11 is 0. The topological polar surface area (TPSA) is 96.6 Å². The second kappa shape index (κ2) is 7.49. The van der Waals surface area contributed by atoms with Crippen LogP contribution in [0.25, 0.3) is 0 Å². The van der Waals surface area contributed by atoms with Crippen LogP contribution in [0, 0.1) is 10.1 Å². The van der Waals surface area contributed by atoms with Crippen molar-refractivity contribution in [3.8, 4) is 0 Å². The highest BCUT2D eigenvalue weighted by atomic mass is 19.4. The van der Waals surface area contributed by atoms with Gasteiger partial charge in [0.05, 0.1) is 10.5 Å². The first-order valence-corrected chi connectivity index (χ1v) is 7.61. The Morgan fingerprint density at radius 3 is 2.48 bits per heavy atom. The predicted octanol–water partition coefficient (Wildman–Crippen LogP) is 3.46. The standard InChI is InChI=1S/C15H17F3N4O3/c1-9(23)19-11-3-5-12(6-4-11)20-21-13-7-2-10(15(16,17)18)8-14(13)22(24)25/h2,7-8,11,21H,3-6H2,1H3,(H,19,23). The van der Waals surface area contributed by atoms with Gasteiger partial charge in [-0.25, -0.2) is 0 Å². The Morgan fingerprint density at radius 2 is 1.96 bits per heavy atom. The van der Waals surface area contributed by atoms with Gasteiger partial charge in [0, 0.05) is 24.7 Å². The third kappa shape index (κ3) is 5.16. The highest BCUT2D eigenvalue weighted by molar-refractivity contribution is 5.86. The second-order valence-corrected chi connectivity index (χ2v) is 5.75. The molecule has 0 radical (unpaired) electrons. The Hall–Kier alpha value is -2.65. The van der Waals surface area contributed by atoms with Gasteiger partial charge in [-0.1, -0.05) is 0 Å². The molecule has 0 atom stereocenters. The number of carbonyl (C=O) groups excluding carboxylic acids is 1. The highest BCUT2D eigenvalue weighted by Gasteiger charge is 2.33. The average molecular weight is 358 g/mol. The Balaban J connectivity index is 2.08. The molecule has 136 valence electrons. The van der Waals surface area contributed by atoms with Crippen LogP contribution >= 0.6 is 0 Å². The van der Waals surface area contributed by atoms with E-state index in [4.69, 9.17) is 0 Å². The molecule has 0 heterocycles. The number of amides is 1. The molecule has 2 rings (SSSR count). The van der Waals surface area contributed by atoms with Gasteiger partial charge in [-0.15, -0.1) is 0 Å². The van der Waals surface area contributed by atoms with Crippen LogP contribution in [0.5, 0.6) is 0 Å².